The van der Waals surface area contributed by atoms with Crippen molar-refractivity contribution in [2.75, 3.05) is 6.61 Å². The summed E-state index contributed by atoms with van der Waals surface area (Å²) in [5.74, 6) is 0.989. The molecule has 100 valence electrons. The van der Waals surface area contributed by atoms with Gasteiger partial charge in [0.1, 0.15) is 5.75 Å². The SMILES string of the molecule is Cc1cc(Br)ccc1OCCCCc1ccccc1. The number of ether oxygens (including phenoxy) is 1. The van der Waals surface area contributed by atoms with E-state index < -0.39 is 0 Å². The number of rotatable bonds is 6. The maximum atomic E-state index is 5.81. The van der Waals surface area contributed by atoms with Gasteiger partial charge in [-0.25, -0.2) is 0 Å². The van der Waals surface area contributed by atoms with Crippen LogP contribution in [0.3, 0.4) is 0 Å². The Kier molecular flexibility index (Phi) is 5.46. The van der Waals surface area contributed by atoms with Crippen molar-refractivity contribution in [1.82, 2.24) is 0 Å². The van der Waals surface area contributed by atoms with Gasteiger partial charge in [0, 0.05) is 4.47 Å². The highest BCUT2D eigenvalue weighted by Crippen LogP contribution is 2.22. The van der Waals surface area contributed by atoms with Gasteiger partial charge in [0.15, 0.2) is 0 Å². The van der Waals surface area contributed by atoms with Gasteiger partial charge in [0.05, 0.1) is 6.61 Å². The predicted molar refractivity (Wildman–Crippen MR) is 83.8 cm³/mol. The second-order valence-corrected chi connectivity index (χ2v) is 5.62. The molecular formula is C17H19BrO. The largest absolute Gasteiger partial charge is 0.493 e. The number of aryl methyl sites for hydroxylation is 2. The molecular weight excluding hydrogens is 300 g/mol. The van der Waals surface area contributed by atoms with Gasteiger partial charge in [-0.3, -0.25) is 0 Å². The van der Waals surface area contributed by atoms with E-state index in [-0.39, 0.29) is 0 Å². The minimum atomic E-state index is 0.787. The monoisotopic (exact) mass is 318 g/mol. The Hall–Kier alpha value is -1.28. The fourth-order valence-electron chi connectivity index (χ4n) is 2.03. The Labute approximate surface area is 123 Å². The second kappa shape index (κ2) is 7.34. The minimum Gasteiger partial charge on any atom is -0.493 e. The van der Waals surface area contributed by atoms with Crippen LogP contribution in [0.1, 0.15) is 24.0 Å². The maximum Gasteiger partial charge on any atom is 0.122 e. The van der Waals surface area contributed by atoms with Crippen LogP contribution >= 0.6 is 15.9 Å². The van der Waals surface area contributed by atoms with Crippen LogP contribution in [0.5, 0.6) is 5.75 Å². The molecule has 0 N–H and O–H groups in total. The molecule has 0 saturated heterocycles. The molecule has 0 fully saturated rings. The van der Waals surface area contributed by atoms with Crippen molar-refractivity contribution in [3.63, 3.8) is 0 Å². The topological polar surface area (TPSA) is 9.23 Å². The van der Waals surface area contributed by atoms with Crippen molar-refractivity contribution in [2.24, 2.45) is 0 Å². The zero-order valence-electron chi connectivity index (χ0n) is 11.2. The number of benzene rings is 2. The summed E-state index contributed by atoms with van der Waals surface area (Å²) < 4.78 is 6.91. The Morgan fingerprint density at radius 1 is 1.00 bits per heavy atom. The summed E-state index contributed by atoms with van der Waals surface area (Å²) in [4.78, 5) is 0. The van der Waals surface area contributed by atoms with E-state index in [1.165, 1.54) is 17.5 Å². The Morgan fingerprint density at radius 2 is 1.79 bits per heavy atom. The quantitative estimate of drug-likeness (QED) is 0.668. The van der Waals surface area contributed by atoms with Gasteiger partial charge in [0.25, 0.3) is 0 Å². The zero-order valence-corrected chi connectivity index (χ0v) is 12.8. The Bertz CT molecular complexity index is 508. The van der Waals surface area contributed by atoms with Gasteiger partial charge in [0.2, 0.25) is 0 Å². The standard InChI is InChI=1S/C17H19BrO/c1-14-13-16(18)10-11-17(14)19-12-6-5-9-15-7-3-2-4-8-15/h2-4,7-8,10-11,13H,5-6,9,12H2,1H3. The fraction of sp³-hybridized carbons (Fsp3) is 0.294. The molecule has 19 heavy (non-hydrogen) atoms. The van der Waals surface area contributed by atoms with Crippen molar-refractivity contribution in [3.8, 4) is 5.75 Å². The average molecular weight is 319 g/mol. The van der Waals surface area contributed by atoms with Crippen LogP contribution in [0, 0.1) is 6.92 Å². The second-order valence-electron chi connectivity index (χ2n) is 4.70. The van der Waals surface area contributed by atoms with Gasteiger partial charge in [-0.05, 0) is 55.5 Å². The summed E-state index contributed by atoms with van der Waals surface area (Å²) in [6, 6.07) is 16.7. The van der Waals surface area contributed by atoms with E-state index in [9.17, 15) is 0 Å². The zero-order chi connectivity index (χ0) is 13.5. The van der Waals surface area contributed by atoms with Gasteiger partial charge in [-0.15, -0.1) is 0 Å². The smallest absolute Gasteiger partial charge is 0.122 e. The lowest BCUT2D eigenvalue weighted by Gasteiger charge is -2.09. The molecule has 0 aliphatic carbocycles. The molecule has 2 aromatic carbocycles. The van der Waals surface area contributed by atoms with E-state index in [0.29, 0.717) is 0 Å². The number of halogens is 1. The summed E-state index contributed by atoms with van der Waals surface area (Å²) in [7, 11) is 0. The minimum absolute atomic E-state index is 0.787. The first-order valence-corrected chi connectivity index (χ1v) is 7.48. The third-order valence-electron chi connectivity index (χ3n) is 3.10. The van der Waals surface area contributed by atoms with E-state index >= 15 is 0 Å². The number of unbranched alkanes of at least 4 members (excludes halogenated alkanes) is 1. The highest BCUT2D eigenvalue weighted by atomic mass is 79.9. The normalized spacial score (nSPS) is 10.4. The summed E-state index contributed by atoms with van der Waals surface area (Å²) >= 11 is 3.46. The van der Waals surface area contributed by atoms with E-state index in [0.717, 1.165) is 29.7 Å². The van der Waals surface area contributed by atoms with Gasteiger partial charge in [-0.2, -0.15) is 0 Å². The summed E-state index contributed by atoms with van der Waals surface area (Å²) in [6.07, 6.45) is 3.38. The van der Waals surface area contributed by atoms with Gasteiger partial charge in [-0.1, -0.05) is 46.3 Å². The Balaban J connectivity index is 1.69. The van der Waals surface area contributed by atoms with Crippen LogP contribution < -0.4 is 4.74 Å². The first-order valence-electron chi connectivity index (χ1n) is 6.68. The first kappa shape index (κ1) is 14.1. The van der Waals surface area contributed by atoms with Crippen molar-refractivity contribution in [2.45, 2.75) is 26.2 Å². The lowest BCUT2D eigenvalue weighted by Crippen LogP contribution is -1.99. The first-order chi connectivity index (χ1) is 9.25. The van der Waals surface area contributed by atoms with E-state index in [1.54, 1.807) is 0 Å². The highest BCUT2D eigenvalue weighted by molar-refractivity contribution is 9.10. The molecule has 0 radical (unpaired) electrons. The predicted octanol–water partition coefficient (Wildman–Crippen LogP) is 5.16. The number of hydrogen-bond acceptors (Lipinski definition) is 1. The molecule has 0 aliphatic rings. The molecule has 0 aliphatic heterocycles. The molecule has 0 spiro atoms. The van der Waals surface area contributed by atoms with Crippen LogP contribution in [0.25, 0.3) is 0 Å². The third-order valence-corrected chi connectivity index (χ3v) is 3.59. The molecule has 2 aromatic rings. The van der Waals surface area contributed by atoms with E-state index in [4.69, 9.17) is 4.74 Å². The molecule has 0 amide bonds. The van der Waals surface area contributed by atoms with Crippen LogP contribution in [0.2, 0.25) is 0 Å². The van der Waals surface area contributed by atoms with Crippen molar-refractivity contribution < 1.29 is 4.74 Å². The van der Waals surface area contributed by atoms with Crippen LogP contribution in [-0.4, -0.2) is 6.61 Å². The molecule has 0 atom stereocenters. The fourth-order valence-corrected chi connectivity index (χ4v) is 2.51. The maximum absolute atomic E-state index is 5.81. The third kappa shape index (κ3) is 4.71. The molecule has 1 nitrogen and oxygen atoms in total. The lowest BCUT2D eigenvalue weighted by molar-refractivity contribution is 0.305. The molecule has 0 bridgehead atoms. The van der Waals surface area contributed by atoms with Gasteiger partial charge < -0.3 is 4.74 Å². The lowest BCUT2D eigenvalue weighted by atomic mass is 10.1. The summed E-state index contributed by atoms with van der Waals surface area (Å²) in [6.45, 7) is 2.86. The van der Waals surface area contributed by atoms with Crippen molar-refractivity contribution in [3.05, 3.63) is 64.1 Å². The van der Waals surface area contributed by atoms with Crippen molar-refractivity contribution >= 4 is 15.9 Å². The molecule has 0 aromatic heterocycles. The Morgan fingerprint density at radius 3 is 2.53 bits per heavy atom. The molecule has 2 rings (SSSR count). The molecule has 2 heteroatoms. The van der Waals surface area contributed by atoms with Crippen molar-refractivity contribution in [1.29, 1.82) is 0 Å². The van der Waals surface area contributed by atoms with Crippen LogP contribution in [-0.2, 0) is 6.42 Å². The number of hydrogen-bond donors (Lipinski definition) is 0. The molecule has 0 unspecified atom stereocenters. The van der Waals surface area contributed by atoms with Crippen LogP contribution in [0.4, 0.5) is 0 Å². The van der Waals surface area contributed by atoms with E-state index in [1.807, 2.05) is 12.1 Å². The van der Waals surface area contributed by atoms with E-state index in [2.05, 4.69) is 59.3 Å². The van der Waals surface area contributed by atoms with Gasteiger partial charge >= 0.3 is 0 Å². The van der Waals surface area contributed by atoms with Crippen LogP contribution in [0.15, 0.2) is 53.0 Å². The highest BCUT2D eigenvalue weighted by Gasteiger charge is 2.00. The molecule has 0 heterocycles. The molecule has 0 saturated carbocycles. The summed E-state index contributed by atoms with van der Waals surface area (Å²) in [5, 5.41) is 0. The average Bonchev–Trinajstić information content (AvgIpc) is 2.42. The summed E-state index contributed by atoms with van der Waals surface area (Å²) in [5.41, 5.74) is 2.58.